The molecular formula is C16H19N5O2S2. The zero-order valence-corrected chi connectivity index (χ0v) is 15.7. The number of hydrogen-bond acceptors (Lipinski definition) is 6. The molecule has 7 nitrogen and oxygen atoms in total. The zero-order valence-electron chi connectivity index (χ0n) is 14.1. The first-order valence-corrected chi connectivity index (χ1v) is 10.8. The third-order valence-corrected chi connectivity index (χ3v) is 6.91. The normalized spacial score (nSPS) is 17.4. The van der Waals surface area contributed by atoms with E-state index in [2.05, 4.69) is 29.3 Å². The summed E-state index contributed by atoms with van der Waals surface area (Å²) in [6.07, 6.45) is 2.74. The third-order valence-electron chi connectivity index (χ3n) is 4.68. The number of benzene rings is 1. The van der Waals surface area contributed by atoms with Crippen LogP contribution in [0.15, 0.2) is 24.3 Å². The second kappa shape index (κ2) is 6.15. The summed E-state index contributed by atoms with van der Waals surface area (Å²) in [5.74, 6) is 1.01. The monoisotopic (exact) mass is 377 g/mol. The number of hydrogen-bond donors (Lipinski definition) is 0. The smallest absolute Gasteiger partial charge is 0.213 e. The second-order valence-corrected chi connectivity index (χ2v) is 9.35. The Morgan fingerprint density at radius 1 is 1.16 bits per heavy atom. The van der Waals surface area contributed by atoms with Gasteiger partial charge in [0.05, 0.1) is 6.26 Å². The molecule has 2 aromatic heterocycles. The van der Waals surface area contributed by atoms with E-state index in [1.165, 1.54) is 27.5 Å². The predicted octanol–water partition coefficient (Wildman–Crippen LogP) is 2.30. The number of rotatable bonds is 3. The highest BCUT2D eigenvalue weighted by molar-refractivity contribution is 7.88. The predicted molar refractivity (Wildman–Crippen MR) is 97.2 cm³/mol. The van der Waals surface area contributed by atoms with Crippen LogP contribution in [0.4, 0.5) is 0 Å². The highest BCUT2D eigenvalue weighted by atomic mass is 32.2. The van der Waals surface area contributed by atoms with Crippen LogP contribution in [0, 0.1) is 6.92 Å². The van der Waals surface area contributed by atoms with Crippen LogP contribution in [-0.4, -0.2) is 51.9 Å². The molecule has 9 heteroatoms. The molecule has 1 aliphatic rings. The Hall–Kier alpha value is -1.84. The average Bonchev–Trinajstić information content (AvgIpc) is 3.15. The van der Waals surface area contributed by atoms with Gasteiger partial charge in [0.25, 0.3) is 0 Å². The number of nitrogens with zero attached hydrogens (tertiary/aromatic N) is 5. The number of sulfonamides is 1. The lowest BCUT2D eigenvalue weighted by molar-refractivity contribution is 0.313. The molecule has 132 valence electrons. The lowest BCUT2D eigenvalue weighted by Crippen LogP contribution is -2.37. The summed E-state index contributed by atoms with van der Waals surface area (Å²) in [5, 5.41) is 14.2. The highest BCUT2D eigenvalue weighted by Gasteiger charge is 2.29. The van der Waals surface area contributed by atoms with E-state index < -0.39 is 10.0 Å². The summed E-state index contributed by atoms with van der Waals surface area (Å²) in [4.78, 5) is 0.777. The lowest BCUT2D eigenvalue weighted by Gasteiger charge is -2.28. The first-order valence-electron chi connectivity index (χ1n) is 8.17. The van der Waals surface area contributed by atoms with Gasteiger partial charge in [0.1, 0.15) is 5.01 Å². The maximum Gasteiger partial charge on any atom is 0.234 e. The topological polar surface area (TPSA) is 80.5 Å². The molecule has 0 bridgehead atoms. The van der Waals surface area contributed by atoms with Crippen LogP contribution < -0.4 is 0 Å². The van der Waals surface area contributed by atoms with Crippen LogP contribution in [0.5, 0.6) is 0 Å². The minimum atomic E-state index is -3.12. The molecular weight excluding hydrogens is 358 g/mol. The summed E-state index contributed by atoms with van der Waals surface area (Å²) in [5.41, 5.74) is 2.28. The highest BCUT2D eigenvalue weighted by Crippen LogP contribution is 2.32. The minimum Gasteiger partial charge on any atom is -0.213 e. The summed E-state index contributed by atoms with van der Waals surface area (Å²) in [7, 11) is -3.12. The Morgan fingerprint density at radius 2 is 1.88 bits per heavy atom. The fourth-order valence-electron chi connectivity index (χ4n) is 3.25. The molecule has 0 atom stereocenters. The van der Waals surface area contributed by atoms with Gasteiger partial charge in [-0.25, -0.2) is 12.7 Å². The summed E-state index contributed by atoms with van der Waals surface area (Å²) in [6.45, 7) is 3.11. The summed E-state index contributed by atoms with van der Waals surface area (Å²) < 4.78 is 26.7. The fourth-order valence-corrected chi connectivity index (χ4v) is 5.06. The summed E-state index contributed by atoms with van der Waals surface area (Å²) in [6, 6.07) is 8.15. The Bertz CT molecular complexity index is 1020. The molecule has 4 rings (SSSR count). The van der Waals surface area contributed by atoms with Gasteiger partial charge in [-0.3, -0.25) is 0 Å². The Balaban J connectivity index is 1.63. The van der Waals surface area contributed by atoms with E-state index in [9.17, 15) is 8.42 Å². The largest absolute Gasteiger partial charge is 0.234 e. The van der Waals surface area contributed by atoms with Gasteiger partial charge >= 0.3 is 0 Å². The van der Waals surface area contributed by atoms with Crippen LogP contribution in [0.2, 0.25) is 0 Å². The number of aryl methyl sites for hydroxylation is 1. The molecule has 0 spiro atoms. The third kappa shape index (κ3) is 3.07. The maximum atomic E-state index is 11.7. The van der Waals surface area contributed by atoms with Crippen molar-refractivity contribution in [3.63, 3.8) is 0 Å². The van der Waals surface area contributed by atoms with E-state index in [1.807, 2.05) is 16.6 Å². The summed E-state index contributed by atoms with van der Waals surface area (Å²) >= 11 is 1.53. The van der Waals surface area contributed by atoms with E-state index in [1.54, 1.807) is 0 Å². The maximum absolute atomic E-state index is 11.7. The van der Waals surface area contributed by atoms with Crippen molar-refractivity contribution >= 4 is 26.3 Å². The first kappa shape index (κ1) is 16.6. The SMILES string of the molecule is Cc1ccccc1-c1nn2c(C3CCN(S(C)(=O)=O)CC3)nnc2s1. The van der Waals surface area contributed by atoms with Crippen molar-refractivity contribution in [3.05, 3.63) is 35.7 Å². The molecule has 1 saturated heterocycles. The van der Waals surface area contributed by atoms with E-state index in [4.69, 9.17) is 5.10 Å². The molecule has 3 heterocycles. The quantitative estimate of drug-likeness (QED) is 0.700. The van der Waals surface area contributed by atoms with E-state index in [0.717, 1.165) is 34.2 Å². The standard InChI is InChI=1S/C16H19N5O2S2/c1-11-5-3-4-6-13(11)15-19-21-14(17-18-16(21)24-15)12-7-9-20(10-8-12)25(2,22)23/h3-6,12H,7-10H2,1-2H3. The van der Waals surface area contributed by atoms with Crippen LogP contribution in [0.1, 0.15) is 30.1 Å². The van der Waals surface area contributed by atoms with Gasteiger partial charge in [-0.05, 0) is 25.3 Å². The molecule has 0 saturated carbocycles. The van der Waals surface area contributed by atoms with Crippen LogP contribution >= 0.6 is 11.3 Å². The molecule has 0 N–H and O–H groups in total. The molecule has 0 amide bonds. The number of piperidine rings is 1. The van der Waals surface area contributed by atoms with Gasteiger partial charge in [-0.1, -0.05) is 35.6 Å². The molecule has 1 aromatic carbocycles. The number of fused-ring (bicyclic) bond motifs is 1. The first-order chi connectivity index (χ1) is 11.9. The van der Waals surface area contributed by atoms with Gasteiger partial charge in [-0.2, -0.15) is 9.61 Å². The molecule has 25 heavy (non-hydrogen) atoms. The van der Waals surface area contributed by atoms with Crippen molar-refractivity contribution in [2.45, 2.75) is 25.7 Å². The van der Waals surface area contributed by atoms with Crippen LogP contribution in [0.3, 0.4) is 0 Å². The van der Waals surface area contributed by atoms with E-state index in [-0.39, 0.29) is 5.92 Å². The second-order valence-electron chi connectivity index (χ2n) is 6.41. The molecule has 1 aliphatic heterocycles. The zero-order chi connectivity index (χ0) is 17.6. The van der Waals surface area contributed by atoms with Crippen LogP contribution in [0.25, 0.3) is 15.5 Å². The minimum absolute atomic E-state index is 0.180. The van der Waals surface area contributed by atoms with Gasteiger partial charge in [0.2, 0.25) is 15.0 Å². The molecule has 3 aromatic rings. The van der Waals surface area contributed by atoms with Crippen molar-refractivity contribution in [1.29, 1.82) is 0 Å². The molecule has 0 unspecified atom stereocenters. The Morgan fingerprint density at radius 3 is 2.56 bits per heavy atom. The van der Waals surface area contributed by atoms with Crippen molar-refractivity contribution in [3.8, 4) is 10.6 Å². The Kier molecular flexibility index (Phi) is 4.09. The number of aromatic nitrogens is 4. The van der Waals surface area contributed by atoms with Crippen molar-refractivity contribution in [2.24, 2.45) is 0 Å². The van der Waals surface area contributed by atoms with Gasteiger partial charge < -0.3 is 0 Å². The average molecular weight is 377 g/mol. The van der Waals surface area contributed by atoms with Crippen molar-refractivity contribution < 1.29 is 8.42 Å². The molecule has 0 radical (unpaired) electrons. The van der Waals surface area contributed by atoms with Gasteiger partial charge in [-0.15, -0.1) is 10.2 Å². The van der Waals surface area contributed by atoms with Gasteiger partial charge in [0, 0.05) is 24.6 Å². The fraction of sp³-hybridized carbons (Fsp3) is 0.438. The molecule has 1 fully saturated rings. The lowest BCUT2D eigenvalue weighted by atomic mass is 9.97. The van der Waals surface area contributed by atoms with Crippen LogP contribution in [-0.2, 0) is 10.0 Å². The Labute approximate surface area is 150 Å². The molecule has 0 aliphatic carbocycles. The van der Waals surface area contributed by atoms with E-state index in [0.29, 0.717) is 13.1 Å². The van der Waals surface area contributed by atoms with E-state index >= 15 is 0 Å². The van der Waals surface area contributed by atoms with Crippen molar-refractivity contribution in [1.82, 2.24) is 24.1 Å². The van der Waals surface area contributed by atoms with Gasteiger partial charge in [0.15, 0.2) is 5.82 Å². The van der Waals surface area contributed by atoms with Crippen molar-refractivity contribution in [2.75, 3.05) is 19.3 Å².